The fraction of sp³-hybridized carbons (Fsp3) is 0.900. The number of aliphatic carboxylic acids is 1. The predicted octanol–water partition coefficient (Wildman–Crippen LogP) is 1.65. The predicted molar refractivity (Wildman–Crippen MR) is 49.4 cm³/mol. The zero-order valence-electron chi connectivity index (χ0n) is 8.07. The Balaban J connectivity index is 0.000000184. The molecule has 0 aromatic carbocycles. The minimum Gasteiger partial charge on any atom is -0.481 e. The summed E-state index contributed by atoms with van der Waals surface area (Å²) in [4.78, 5) is 9.00. The van der Waals surface area contributed by atoms with Crippen LogP contribution >= 0.6 is 0 Å². The molecule has 2 fully saturated rings. The molecule has 0 amide bonds. The fourth-order valence-corrected chi connectivity index (χ4v) is 2.37. The van der Waals surface area contributed by atoms with E-state index >= 15 is 0 Å². The molecule has 0 radical (unpaired) electrons. The SMILES string of the molecule is CC(=O)O.OC1CCC2CCC1C2. The molecule has 2 bridgehead atoms. The highest BCUT2D eigenvalue weighted by Crippen LogP contribution is 2.41. The van der Waals surface area contributed by atoms with Gasteiger partial charge in [-0.2, -0.15) is 0 Å². The number of aliphatic hydroxyl groups excluding tert-OH is 1. The van der Waals surface area contributed by atoms with Crippen LogP contribution in [-0.2, 0) is 4.79 Å². The molecule has 3 unspecified atom stereocenters. The van der Waals surface area contributed by atoms with Crippen molar-refractivity contribution in [3.8, 4) is 0 Å². The Morgan fingerprint density at radius 1 is 1.23 bits per heavy atom. The Hall–Kier alpha value is -0.570. The number of fused-ring (bicyclic) bond motifs is 2. The molecule has 0 heterocycles. The molecule has 2 N–H and O–H groups in total. The van der Waals surface area contributed by atoms with Crippen LogP contribution in [0.15, 0.2) is 0 Å². The molecule has 0 aromatic rings. The van der Waals surface area contributed by atoms with Crippen LogP contribution in [0, 0.1) is 11.8 Å². The van der Waals surface area contributed by atoms with Gasteiger partial charge in [0.2, 0.25) is 0 Å². The summed E-state index contributed by atoms with van der Waals surface area (Å²) < 4.78 is 0. The van der Waals surface area contributed by atoms with E-state index in [0.29, 0.717) is 5.92 Å². The second kappa shape index (κ2) is 4.61. The quantitative estimate of drug-likeness (QED) is 0.604. The van der Waals surface area contributed by atoms with Crippen molar-refractivity contribution in [2.75, 3.05) is 0 Å². The van der Waals surface area contributed by atoms with E-state index in [2.05, 4.69) is 0 Å². The molecule has 3 heteroatoms. The first-order valence-electron chi connectivity index (χ1n) is 4.97. The van der Waals surface area contributed by atoms with Crippen molar-refractivity contribution >= 4 is 5.97 Å². The van der Waals surface area contributed by atoms with Gasteiger partial charge in [0.05, 0.1) is 6.10 Å². The molecule has 2 aliphatic rings. The molecule has 2 saturated carbocycles. The summed E-state index contributed by atoms with van der Waals surface area (Å²) in [5.41, 5.74) is 0. The molecule has 0 aromatic heterocycles. The second-order valence-electron chi connectivity index (χ2n) is 4.10. The first kappa shape index (κ1) is 10.5. The smallest absolute Gasteiger partial charge is 0.300 e. The fourth-order valence-electron chi connectivity index (χ4n) is 2.37. The van der Waals surface area contributed by atoms with Gasteiger partial charge >= 0.3 is 0 Å². The van der Waals surface area contributed by atoms with Crippen LogP contribution in [0.5, 0.6) is 0 Å². The normalized spacial score (nSPS) is 36.3. The van der Waals surface area contributed by atoms with Crippen molar-refractivity contribution in [2.24, 2.45) is 11.8 Å². The van der Waals surface area contributed by atoms with Gasteiger partial charge in [0, 0.05) is 6.92 Å². The topological polar surface area (TPSA) is 57.5 Å². The van der Waals surface area contributed by atoms with Crippen molar-refractivity contribution in [3.63, 3.8) is 0 Å². The van der Waals surface area contributed by atoms with Crippen LogP contribution in [0.4, 0.5) is 0 Å². The number of hydrogen-bond donors (Lipinski definition) is 2. The molecule has 3 atom stereocenters. The number of carbonyl (C=O) groups is 1. The molecule has 2 rings (SSSR count). The van der Waals surface area contributed by atoms with Gasteiger partial charge in [0.1, 0.15) is 0 Å². The Bertz CT molecular complexity index is 175. The summed E-state index contributed by atoms with van der Waals surface area (Å²) in [6.07, 6.45) is 6.44. The first-order valence-corrected chi connectivity index (χ1v) is 4.97. The third-order valence-electron chi connectivity index (χ3n) is 3.00. The highest BCUT2D eigenvalue weighted by atomic mass is 16.4. The minimum absolute atomic E-state index is 0.0590. The summed E-state index contributed by atoms with van der Waals surface area (Å²) >= 11 is 0. The largest absolute Gasteiger partial charge is 0.481 e. The molecular formula is C10H18O3. The number of carboxylic acid groups (broad SMARTS) is 1. The molecule has 2 aliphatic carbocycles. The second-order valence-corrected chi connectivity index (χ2v) is 4.10. The summed E-state index contributed by atoms with van der Waals surface area (Å²) in [7, 11) is 0. The number of rotatable bonds is 0. The van der Waals surface area contributed by atoms with Crippen LogP contribution in [0.1, 0.15) is 39.0 Å². The third-order valence-corrected chi connectivity index (χ3v) is 3.00. The molecule has 13 heavy (non-hydrogen) atoms. The molecular weight excluding hydrogens is 168 g/mol. The Morgan fingerprint density at radius 2 is 1.77 bits per heavy atom. The number of carboxylic acids is 1. The van der Waals surface area contributed by atoms with Gasteiger partial charge < -0.3 is 10.2 Å². The zero-order chi connectivity index (χ0) is 9.84. The van der Waals surface area contributed by atoms with Gasteiger partial charge in [-0.15, -0.1) is 0 Å². The van der Waals surface area contributed by atoms with E-state index in [-0.39, 0.29) is 6.10 Å². The summed E-state index contributed by atoms with van der Waals surface area (Å²) in [6, 6.07) is 0. The van der Waals surface area contributed by atoms with E-state index in [4.69, 9.17) is 9.90 Å². The molecule has 3 nitrogen and oxygen atoms in total. The highest BCUT2D eigenvalue weighted by molar-refractivity contribution is 5.62. The maximum atomic E-state index is 9.40. The van der Waals surface area contributed by atoms with Gasteiger partial charge in [-0.1, -0.05) is 6.42 Å². The lowest BCUT2D eigenvalue weighted by atomic mass is 9.87. The lowest BCUT2D eigenvalue weighted by Crippen LogP contribution is -2.22. The first-order chi connectivity index (χ1) is 6.09. The van der Waals surface area contributed by atoms with Gasteiger partial charge in [0.15, 0.2) is 0 Å². The Labute approximate surface area is 78.8 Å². The Kier molecular flexibility index (Phi) is 3.72. The van der Waals surface area contributed by atoms with Gasteiger partial charge in [-0.05, 0) is 37.5 Å². The van der Waals surface area contributed by atoms with Crippen molar-refractivity contribution in [1.29, 1.82) is 0 Å². The van der Waals surface area contributed by atoms with Gasteiger partial charge in [-0.25, -0.2) is 0 Å². The van der Waals surface area contributed by atoms with Gasteiger partial charge in [0.25, 0.3) is 5.97 Å². The van der Waals surface area contributed by atoms with Crippen LogP contribution in [0.25, 0.3) is 0 Å². The number of aliphatic hydroxyl groups is 1. The maximum absolute atomic E-state index is 9.40. The van der Waals surface area contributed by atoms with E-state index in [1.807, 2.05) is 0 Å². The van der Waals surface area contributed by atoms with Crippen LogP contribution in [0.3, 0.4) is 0 Å². The lowest BCUT2D eigenvalue weighted by Gasteiger charge is -2.23. The molecule has 0 aliphatic heterocycles. The molecule has 0 saturated heterocycles. The summed E-state index contributed by atoms with van der Waals surface area (Å²) in [6.45, 7) is 1.08. The van der Waals surface area contributed by atoms with Crippen molar-refractivity contribution in [2.45, 2.75) is 45.1 Å². The highest BCUT2D eigenvalue weighted by Gasteiger charge is 2.34. The van der Waals surface area contributed by atoms with Crippen molar-refractivity contribution in [1.82, 2.24) is 0 Å². The van der Waals surface area contributed by atoms with E-state index in [9.17, 15) is 5.11 Å². The van der Waals surface area contributed by atoms with Gasteiger partial charge in [-0.3, -0.25) is 4.79 Å². The average Bonchev–Trinajstić information content (AvgIpc) is 2.41. The summed E-state index contributed by atoms with van der Waals surface area (Å²) in [5, 5.41) is 16.8. The van der Waals surface area contributed by atoms with E-state index in [1.165, 1.54) is 25.7 Å². The Morgan fingerprint density at radius 3 is 2.31 bits per heavy atom. The van der Waals surface area contributed by atoms with Crippen LogP contribution in [0.2, 0.25) is 0 Å². The van der Waals surface area contributed by atoms with Crippen LogP contribution < -0.4 is 0 Å². The van der Waals surface area contributed by atoms with Crippen molar-refractivity contribution in [3.05, 3.63) is 0 Å². The molecule has 0 spiro atoms. The van der Waals surface area contributed by atoms with Crippen LogP contribution in [-0.4, -0.2) is 22.3 Å². The van der Waals surface area contributed by atoms with E-state index in [1.54, 1.807) is 0 Å². The average molecular weight is 186 g/mol. The van der Waals surface area contributed by atoms with E-state index < -0.39 is 5.97 Å². The third kappa shape index (κ3) is 3.35. The number of hydrogen-bond acceptors (Lipinski definition) is 2. The van der Waals surface area contributed by atoms with E-state index in [0.717, 1.165) is 19.3 Å². The minimum atomic E-state index is -0.833. The zero-order valence-corrected chi connectivity index (χ0v) is 8.07. The molecule has 76 valence electrons. The summed E-state index contributed by atoms with van der Waals surface area (Å²) in [5.74, 6) is 0.835. The maximum Gasteiger partial charge on any atom is 0.300 e. The monoisotopic (exact) mass is 186 g/mol. The lowest BCUT2D eigenvalue weighted by molar-refractivity contribution is -0.134. The van der Waals surface area contributed by atoms with Crippen molar-refractivity contribution < 1.29 is 15.0 Å². The standard InChI is InChI=1S/C8H14O.C2H4O2/c9-8-4-2-6-1-3-7(8)5-6;1-2(3)4/h6-9H,1-5H2;1H3,(H,3,4).